The molecule has 2 rings (SSSR count). The monoisotopic (exact) mass is 656 g/mol. The van der Waals surface area contributed by atoms with Crippen molar-refractivity contribution in [1.82, 2.24) is 10.2 Å². The molecule has 1 aliphatic rings. The Hall–Kier alpha value is -3.01. The Kier molecular flexibility index (Phi) is 16.4. The quantitative estimate of drug-likeness (QED) is 0.0645. The van der Waals surface area contributed by atoms with Crippen LogP contribution in [0.2, 0.25) is 0 Å². The molecule has 1 saturated carbocycles. The number of sulfonamides is 1. The molecule has 1 heterocycles. The van der Waals surface area contributed by atoms with E-state index in [1.54, 1.807) is 6.08 Å². The Morgan fingerprint density at radius 2 is 1.93 bits per heavy atom. The normalized spacial score (nSPS) is 21.3. The van der Waals surface area contributed by atoms with Gasteiger partial charge in [-0.3, -0.25) is 14.4 Å². The van der Waals surface area contributed by atoms with E-state index < -0.39 is 46.2 Å². The average Bonchev–Trinajstić information content (AvgIpc) is 3.52. The zero-order valence-corrected chi connectivity index (χ0v) is 27.1. The second-order valence-corrected chi connectivity index (χ2v) is 13.3. The van der Waals surface area contributed by atoms with Crippen LogP contribution in [0.1, 0.15) is 85.0 Å². The summed E-state index contributed by atoms with van der Waals surface area (Å²) in [5.41, 5.74) is 0. The molecule has 0 aliphatic heterocycles. The Labute approximate surface area is 262 Å². The molecule has 0 spiro atoms. The van der Waals surface area contributed by atoms with E-state index in [2.05, 4.69) is 26.8 Å². The van der Waals surface area contributed by atoms with Crippen LogP contribution in [0.5, 0.6) is 0 Å². The van der Waals surface area contributed by atoms with E-state index in [1.807, 2.05) is 18.2 Å². The van der Waals surface area contributed by atoms with Crippen molar-refractivity contribution < 1.29 is 42.5 Å². The molecule has 0 saturated heterocycles. The van der Waals surface area contributed by atoms with E-state index in [9.17, 15) is 33.0 Å². The molecule has 1 aromatic rings. The van der Waals surface area contributed by atoms with Crippen molar-refractivity contribution in [2.45, 2.75) is 108 Å². The molecule has 1 aromatic heterocycles. The summed E-state index contributed by atoms with van der Waals surface area (Å²) in [6, 6.07) is 0. The SMILES string of the molecule is CCCCC[C@H](O)/C=C/[C@@H]1[C@@H](C/C=C\CCCC(=O)OCC/C=N/S(=O)(=O)c2nnc(NC(C)=O)s2)[C@@H](OC(C)=O)C[C@H]1O. The molecule has 44 heavy (non-hydrogen) atoms. The number of unbranched alkanes of at least 4 members (excludes halogenated alkanes) is 3. The molecule has 15 heteroatoms. The lowest BCUT2D eigenvalue weighted by molar-refractivity contribution is -0.148. The average molecular weight is 657 g/mol. The number of aromatic nitrogens is 2. The van der Waals surface area contributed by atoms with Crippen molar-refractivity contribution in [3.05, 3.63) is 24.3 Å². The first-order valence-electron chi connectivity index (χ1n) is 14.8. The number of amides is 1. The second kappa shape index (κ2) is 19.4. The van der Waals surface area contributed by atoms with Crippen LogP contribution < -0.4 is 5.32 Å². The number of aliphatic hydroxyl groups excluding tert-OH is 2. The van der Waals surface area contributed by atoms with Crippen molar-refractivity contribution in [3.63, 3.8) is 0 Å². The highest BCUT2D eigenvalue weighted by atomic mass is 32.2. The zero-order chi connectivity index (χ0) is 32.5. The van der Waals surface area contributed by atoms with Gasteiger partial charge < -0.3 is 25.0 Å². The van der Waals surface area contributed by atoms with Crippen molar-refractivity contribution >= 4 is 50.6 Å². The number of nitrogens with zero attached hydrogens (tertiary/aromatic N) is 3. The van der Waals surface area contributed by atoms with E-state index in [-0.39, 0.29) is 40.8 Å². The topological polar surface area (TPSA) is 194 Å². The molecule has 1 fully saturated rings. The highest BCUT2D eigenvalue weighted by Gasteiger charge is 2.42. The first kappa shape index (κ1) is 37.2. The number of allylic oxidation sites excluding steroid dienone is 2. The number of nitrogens with one attached hydrogen (secondary N) is 1. The van der Waals surface area contributed by atoms with Gasteiger partial charge in [0.15, 0.2) is 0 Å². The van der Waals surface area contributed by atoms with E-state index in [0.717, 1.165) is 25.5 Å². The Morgan fingerprint density at radius 3 is 2.64 bits per heavy atom. The lowest BCUT2D eigenvalue weighted by atomic mass is 9.89. The summed E-state index contributed by atoms with van der Waals surface area (Å²) >= 11 is 0.677. The fourth-order valence-electron chi connectivity index (χ4n) is 4.73. The van der Waals surface area contributed by atoms with E-state index in [0.29, 0.717) is 43.4 Å². The van der Waals surface area contributed by atoms with Crippen LogP contribution in [0.15, 0.2) is 33.0 Å². The molecule has 0 bridgehead atoms. The number of anilines is 1. The Bertz CT molecular complexity index is 1260. The maximum absolute atomic E-state index is 12.2. The van der Waals surface area contributed by atoms with Crippen LogP contribution in [-0.4, -0.2) is 77.8 Å². The lowest BCUT2D eigenvalue weighted by Crippen LogP contribution is -2.24. The van der Waals surface area contributed by atoms with E-state index in [4.69, 9.17) is 9.47 Å². The highest BCUT2D eigenvalue weighted by Crippen LogP contribution is 2.38. The summed E-state index contributed by atoms with van der Waals surface area (Å²) in [6.45, 7) is 4.67. The minimum atomic E-state index is -4.07. The first-order chi connectivity index (χ1) is 20.9. The van der Waals surface area contributed by atoms with Gasteiger partial charge >= 0.3 is 22.0 Å². The van der Waals surface area contributed by atoms with Crippen LogP contribution in [0.25, 0.3) is 0 Å². The zero-order valence-electron chi connectivity index (χ0n) is 25.5. The van der Waals surface area contributed by atoms with Gasteiger partial charge in [0.25, 0.3) is 4.34 Å². The maximum atomic E-state index is 12.2. The fraction of sp³-hybridized carbons (Fsp3) is 0.655. The molecule has 0 unspecified atom stereocenters. The molecule has 3 N–H and O–H groups in total. The van der Waals surface area contributed by atoms with Crippen molar-refractivity contribution in [1.29, 1.82) is 0 Å². The molecule has 13 nitrogen and oxygen atoms in total. The smallest absolute Gasteiger partial charge is 0.311 e. The number of esters is 2. The molecule has 1 amide bonds. The number of ether oxygens (including phenoxy) is 2. The number of carbonyl (C=O) groups excluding carboxylic acids is 3. The van der Waals surface area contributed by atoms with Crippen molar-refractivity contribution in [2.24, 2.45) is 16.2 Å². The third-order valence-electron chi connectivity index (χ3n) is 6.83. The molecule has 0 aromatic carbocycles. The minimum absolute atomic E-state index is 0.0370. The fourth-order valence-corrected chi connectivity index (χ4v) is 6.58. The summed E-state index contributed by atoms with van der Waals surface area (Å²) in [4.78, 5) is 34.7. The number of aliphatic hydroxyl groups is 2. The van der Waals surface area contributed by atoms with Crippen LogP contribution in [-0.2, 0) is 33.9 Å². The molecule has 246 valence electrons. The first-order valence-corrected chi connectivity index (χ1v) is 17.1. The summed E-state index contributed by atoms with van der Waals surface area (Å²) in [6.07, 6.45) is 12.9. The number of carbonyl (C=O) groups is 3. The Morgan fingerprint density at radius 1 is 1.16 bits per heavy atom. The van der Waals surface area contributed by atoms with Crippen molar-refractivity contribution in [3.8, 4) is 0 Å². The van der Waals surface area contributed by atoms with Crippen LogP contribution >= 0.6 is 11.3 Å². The van der Waals surface area contributed by atoms with Gasteiger partial charge in [0.2, 0.25) is 11.0 Å². The number of hydrogen-bond acceptors (Lipinski definition) is 12. The van der Waals surface area contributed by atoms with Gasteiger partial charge in [-0.2, -0.15) is 12.8 Å². The van der Waals surface area contributed by atoms with Gasteiger partial charge in [0.1, 0.15) is 6.10 Å². The Balaban J connectivity index is 1.74. The van der Waals surface area contributed by atoms with Gasteiger partial charge in [0.05, 0.1) is 18.8 Å². The summed E-state index contributed by atoms with van der Waals surface area (Å²) in [5.74, 6) is -1.61. The molecular formula is C29H44N4O9S2. The van der Waals surface area contributed by atoms with Gasteiger partial charge in [-0.1, -0.05) is 61.8 Å². The molecule has 1 aliphatic carbocycles. The summed E-state index contributed by atoms with van der Waals surface area (Å²) in [7, 11) is -4.07. The molecular weight excluding hydrogens is 612 g/mol. The largest absolute Gasteiger partial charge is 0.465 e. The second-order valence-electron chi connectivity index (χ2n) is 10.6. The van der Waals surface area contributed by atoms with Crippen LogP contribution in [0, 0.1) is 11.8 Å². The van der Waals surface area contributed by atoms with Gasteiger partial charge in [-0.05, 0) is 25.7 Å². The lowest BCUT2D eigenvalue weighted by Gasteiger charge is -2.22. The van der Waals surface area contributed by atoms with E-state index >= 15 is 0 Å². The maximum Gasteiger partial charge on any atom is 0.311 e. The van der Waals surface area contributed by atoms with Gasteiger partial charge in [0, 0.05) is 51.2 Å². The number of rotatable bonds is 19. The molecule has 0 radical (unpaired) electrons. The predicted octanol–water partition coefficient (Wildman–Crippen LogP) is 3.73. The van der Waals surface area contributed by atoms with Crippen molar-refractivity contribution in [2.75, 3.05) is 11.9 Å². The van der Waals surface area contributed by atoms with Gasteiger partial charge in [-0.25, -0.2) is 0 Å². The predicted molar refractivity (Wildman–Crippen MR) is 166 cm³/mol. The standard InChI is InChI=1S/C29H44N4O9S2/c1-4-5-8-12-22(36)15-16-23-24(26(19-25(23)37)42-21(3)35)13-9-6-7-10-14-27(38)41-18-11-17-30-44(39,40)29-33-32-28(43-29)31-20(2)34/h6,9,15-17,22-26,36-37H,4-5,7-8,10-14,18-19H2,1-3H3,(H,31,32,34)/b9-6-,16-15+,30-17+/t22-,23+,24+,25+,26-/m0/s1. The van der Waals surface area contributed by atoms with Crippen LogP contribution in [0.4, 0.5) is 5.13 Å². The summed E-state index contributed by atoms with van der Waals surface area (Å²) < 4.78 is 38.1. The third kappa shape index (κ3) is 13.7. The summed E-state index contributed by atoms with van der Waals surface area (Å²) in [5, 5.41) is 30.4. The molecule has 5 atom stereocenters. The minimum Gasteiger partial charge on any atom is -0.465 e. The number of hydrogen-bond donors (Lipinski definition) is 3. The van der Waals surface area contributed by atoms with E-state index in [1.165, 1.54) is 13.8 Å². The highest BCUT2D eigenvalue weighted by molar-refractivity contribution is 7.92. The van der Waals surface area contributed by atoms with Gasteiger partial charge in [-0.15, -0.1) is 10.2 Å². The third-order valence-corrected chi connectivity index (χ3v) is 9.29. The van der Waals surface area contributed by atoms with Crippen LogP contribution in [0.3, 0.4) is 0 Å².